The van der Waals surface area contributed by atoms with Gasteiger partial charge in [0.05, 0.1) is 6.10 Å². The molecule has 0 bridgehead atoms. The molecule has 1 heterocycles. The summed E-state index contributed by atoms with van der Waals surface area (Å²) < 4.78 is 5.60. The molecule has 1 aliphatic heterocycles. The van der Waals surface area contributed by atoms with E-state index in [0.29, 0.717) is 18.2 Å². The van der Waals surface area contributed by atoms with Crippen molar-refractivity contribution in [2.24, 2.45) is 0 Å². The van der Waals surface area contributed by atoms with Crippen LogP contribution in [0.2, 0.25) is 0 Å². The highest BCUT2D eigenvalue weighted by atomic mass is 16.5. The van der Waals surface area contributed by atoms with Crippen LogP contribution in [0.25, 0.3) is 0 Å². The van der Waals surface area contributed by atoms with Crippen molar-refractivity contribution in [2.75, 3.05) is 37.8 Å². The normalized spacial score (nSPS) is 18.1. The topological polar surface area (TPSA) is 67.6 Å². The van der Waals surface area contributed by atoms with Gasteiger partial charge in [0.15, 0.2) is 0 Å². The van der Waals surface area contributed by atoms with Crippen molar-refractivity contribution in [3.05, 3.63) is 23.8 Å². The summed E-state index contributed by atoms with van der Waals surface area (Å²) in [5.41, 5.74) is 8.21. The second-order valence-corrected chi connectivity index (χ2v) is 5.77. The molecule has 1 aliphatic rings. The van der Waals surface area contributed by atoms with Crippen LogP contribution < -0.4 is 11.1 Å². The van der Waals surface area contributed by atoms with Gasteiger partial charge in [0.2, 0.25) is 5.91 Å². The molecule has 116 valence electrons. The second-order valence-electron chi connectivity index (χ2n) is 5.77. The largest absolute Gasteiger partial charge is 0.399 e. The lowest BCUT2D eigenvalue weighted by molar-refractivity contribution is -0.116. The highest BCUT2D eigenvalue weighted by molar-refractivity contribution is 5.92. The number of ether oxygens (including phenoxy) is 1. The average Bonchev–Trinajstić information content (AvgIpc) is 2.93. The van der Waals surface area contributed by atoms with Gasteiger partial charge in [-0.3, -0.25) is 4.79 Å². The van der Waals surface area contributed by atoms with E-state index in [-0.39, 0.29) is 5.91 Å². The van der Waals surface area contributed by atoms with Crippen LogP contribution in [0.3, 0.4) is 0 Å². The Morgan fingerprint density at radius 3 is 3.05 bits per heavy atom. The van der Waals surface area contributed by atoms with E-state index in [1.165, 1.54) is 0 Å². The van der Waals surface area contributed by atoms with E-state index in [1.807, 2.05) is 26.1 Å². The number of nitrogen functional groups attached to an aromatic ring is 1. The number of aryl methyl sites for hydroxylation is 1. The summed E-state index contributed by atoms with van der Waals surface area (Å²) in [6.45, 7) is 4.45. The van der Waals surface area contributed by atoms with Gasteiger partial charge in [0.25, 0.3) is 0 Å². The maximum atomic E-state index is 12.0. The van der Waals surface area contributed by atoms with E-state index in [2.05, 4.69) is 10.2 Å². The number of nitrogens with one attached hydrogen (secondary N) is 1. The maximum Gasteiger partial charge on any atom is 0.225 e. The third kappa shape index (κ3) is 5.02. The summed E-state index contributed by atoms with van der Waals surface area (Å²) in [7, 11) is 2.03. The first-order valence-electron chi connectivity index (χ1n) is 7.50. The minimum atomic E-state index is 0.0166. The summed E-state index contributed by atoms with van der Waals surface area (Å²) in [5, 5.41) is 2.92. The minimum Gasteiger partial charge on any atom is -0.399 e. The zero-order chi connectivity index (χ0) is 15.2. The molecule has 1 saturated heterocycles. The molecule has 5 nitrogen and oxygen atoms in total. The Morgan fingerprint density at radius 1 is 1.52 bits per heavy atom. The number of hydrogen-bond donors (Lipinski definition) is 2. The van der Waals surface area contributed by atoms with Crippen LogP contribution in [0.5, 0.6) is 0 Å². The summed E-state index contributed by atoms with van der Waals surface area (Å²) in [4.78, 5) is 14.2. The van der Waals surface area contributed by atoms with Gasteiger partial charge in [-0.1, -0.05) is 6.07 Å². The molecule has 21 heavy (non-hydrogen) atoms. The quantitative estimate of drug-likeness (QED) is 0.787. The molecule has 0 aromatic heterocycles. The maximum absolute atomic E-state index is 12.0. The lowest BCUT2D eigenvalue weighted by Gasteiger charge is -2.20. The number of hydrogen-bond acceptors (Lipinski definition) is 4. The van der Waals surface area contributed by atoms with E-state index < -0.39 is 0 Å². The van der Waals surface area contributed by atoms with E-state index in [4.69, 9.17) is 10.5 Å². The van der Waals surface area contributed by atoms with E-state index in [0.717, 1.165) is 43.8 Å². The van der Waals surface area contributed by atoms with Gasteiger partial charge >= 0.3 is 0 Å². The summed E-state index contributed by atoms with van der Waals surface area (Å²) in [6.07, 6.45) is 3.07. The van der Waals surface area contributed by atoms with Gasteiger partial charge in [-0.2, -0.15) is 0 Å². The number of nitrogens with two attached hydrogens (primary N) is 1. The first-order chi connectivity index (χ1) is 10.0. The molecule has 1 fully saturated rings. The van der Waals surface area contributed by atoms with Gasteiger partial charge in [0.1, 0.15) is 0 Å². The SMILES string of the molecule is Cc1ccc(N)cc1NC(=O)CCN(C)CC1CCCO1. The predicted molar refractivity (Wildman–Crippen MR) is 85.3 cm³/mol. The van der Waals surface area contributed by atoms with Crippen molar-refractivity contribution < 1.29 is 9.53 Å². The number of likely N-dealkylation sites (N-methyl/N-ethyl adjacent to an activating group) is 1. The number of anilines is 2. The molecule has 2 rings (SSSR count). The van der Waals surface area contributed by atoms with Crippen molar-refractivity contribution in [2.45, 2.75) is 32.3 Å². The Hall–Kier alpha value is -1.59. The van der Waals surface area contributed by atoms with Crippen LogP contribution in [0.15, 0.2) is 18.2 Å². The van der Waals surface area contributed by atoms with Gasteiger partial charge < -0.3 is 20.7 Å². The number of rotatable bonds is 6. The van der Waals surface area contributed by atoms with Crippen LogP contribution in [-0.4, -0.2) is 43.7 Å². The number of nitrogens with zero attached hydrogens (tertiary/aromatic N) is 1. The molecule has 0 aliphatic carbocycles. The van der Waals surface area contributed by atoms with Crippen LogP contribution in [-0.2, 0) is 9.53 Å². The Balaban J connectivity index is 1.75. The van der Waals surface area contributed by atoms with Crippen molar-refractivity contribution in [1.29, 1.82) is 0 Å². The molecule has 0 radical (unpaired) electrons. The molecule has 0 spiro atoms. The monoisotopic (exact) mass is 291 g/mol. The zero-order valence-electron chi connectivity index (χ0n) is 12.9. The highest BCUT2D eigenvalue weighted by Crippen LogP contribution is 2.18. The lowest BCUT2D eigenvalue weighted by atomic mass is 10.2. The fourth-order valence-corrected chi connectivity index (χ4v) is 2.51. The van der Waals surface area contributed by atoms with E-state index in [9.17, 15) is 4.79 Å². The zero-order valence-corrected chi connectivity index (χ0v) is 12.9. The number of carbonyl (C=O) groups is 1. The lowest BCUT2D eigenvalue weighted by Crippen LogP contribution is -2.31. The Bertz CT molecular complexity index is 484. The van der Waals surface area contributed by atoms with Gasteiger partial charge in [-0.05, 0) is 44.5 Å². The first-order valence-corrected chi connectivity index (χ1v) is 7.50. The molecule has 1 aromatic rings. The fourth-order valence-electron chi connectivity index (χ4n) is 2.51. The number of benzene rings is 1. The van der Waals surface area contributed by atoms with Crippen LogP contribution in [0.4, 0.5) is 11.4 Å². The first kappa shape index (κ1) is 15.8. The molecule has 1 aromatic carbocycles. The second kappa shape index (κ2) is 7.43. The third-order valence-electron chi connectivity index (χ3n) is 3.80. The van der Waals surface area contributed by atoms with E-state index in [1.54, 1.807) is 6.07 Å². The number of amides is 1. The number of carbonyl (C=O) groups excluding carboxylic acids is 1. The van der Waals surface area contributed by atoms with Crippen LogP contribution >= 0.6 is 0 Å². The molecule has 1 amide bonds. The van der Waals surface area contributed by atoms with Crippen LogP contribution in [0.1, 0.15) is 24.8 Å². The Kier molecular flexibility index (Phi) is 5.59. The minimum absolute atomic E-state index is 0.0166. The molecular weight excluding hydrogens is 266 g/mol. The Morgan fingerprint density at radius 2 is 2.33 bits per heavy atom. The highest BCUT2D eigenvalue weighted by Gasteiger charge is 2.17. The molecule has 0 saturated carbocycles. The van der Waals surface area contributed by atoms with Crippen molar-refractivity contribution >= 4 is 17.3 Å². The fraction of sp³-hybridized carbons (Fsp3) is 0.562. The summed E-state index contributed by atoms with van der Waals surface area (Å²) >= 11 is 0. The summed E-state index contributed by atoms with van der Waals surface area (Å²) in [5.74, 6) is 0.0166. The van der Waals surface area contributed by atoms with Crippen molar-refractivity contribution in [3.8, 4) is 0 Å². The molecule has 5 heteroatoms. The smallest absolute Gasteiger partial charge is 0.225 e. The van der Waals surface area contributed by atoms with Gasteiger partial charge in [0, 0.05) is 37.5 Å². The standard InChI is InChI=1S/C16H25N3O2/c1-12-5-6-13(17)10-15(12)18-16(20)7-8-19(2)11-14-4-3-9-21-14/h5-6,10,14H,3-4,7-9,11,17H2,1-2H3,(H,18,20). The third-order valence-corrected chi connectivity index (χ3v) is 3.80. The van der Waals surface area contributed by atoms with Gasteiger partial charge in [-0.25, -0.2) is 0 Å². The molecule has 3 N–H and O–H groups in total. The molecular formula is C16H25N3O2. The van der Waals surface area contributed by atoms with Crippen LogP contribution in [0, 0.1) is 6.92 Å². The van der Waals surface area contributed by atoms with Crippen molar-refractivity contribution in [3.63, 3.8) is 0 Å². The predicted octanol–water partition coefficient (Wildman–Crippen LogP) is 2.02. The summed E-state index contributed by atoms with van der Waals surface area (Å²) in [6, 6.07) is 5.54. The molecule has 1 unspecified atom stereocenters. The average molecular weight is 291 g/mol. The van der Waals surface area contributed by atoms with Crippen molar-refractivity contribution in [1.82, 2.24) is 4.90 Å². The van der Waals surface area contributed by atoms with Gasteiger partial charge in [-0.15, -0.1) is 0 Å². The Labute approximate surface area is 126 Å². The van der Waals surface area contributed by atoms with E-state index >= 15 is 0 Å². The molecule has 1 atom stereocenters.